The molecule has 0 aromatic heterocycles. The third kappa shape index (κ3) is 0.822. The molecule has 1 unspecified atom stereocenters. The van der Waals surface area contributed by atoms with Gasteiger partial charge in [0.15, 0.2) is 0 Å². The summed E-state index contributed by atoms with van der Waals surface area (Å²) in [6.45, 7) is 4.63. The Morgan fingerprint density at radius 3 is 2.64 bits per heavy atom. The molecule has 2 bridgehead atoms. The molecule has 1 nitrogen and oxygen atoms in total. The molecule has 1 saturated carbocycles. The van der Waals surface area contributed by atoms with Crippen LogP contribution in [0.15, 0.2) is 0 Å². The lowest BCUT2D eigenvalue weighted by Gasteiger charge is -2.30. The Morgan fingerprint density at radius 1 is 1.64 bits per heavy atom. The van der Waals surface area contributed by atoms with Gasteiger partial charge in [-0.2, -0.15) is 0 Å². The molecule has 1 aliphatic carbocycles. The summed E-state index contributed by atoms with van der Waals surface area (Å²) in [6.07, 6.45) is 3.91. The predicted octanol–water partition coefficient (Wildman–Crippen LogP) is 1.17. The van der Waals surface area contributed by atoms with Crippen molar-refractivity contribution in [3.63, 3.8) is 0 Å². The average molecular weight is 152 g/mol. The summed E-state index contributed by atoms with van der Waals surface area (Å²) in [5.74, 6) is 1.66. The summed E-state index contributed by atoms with van der Waals surface area (Å²) < 4.78 is 6.01. The summed E-state index contributed by atoms with van der Waals surface area (Å²) in [5, 5.41) is 0. The van der Waals surface area contributed by atoms with Gasteiger partial charge in [0.05, 0.1) is 5.60 Å². The lowest BCUT2D eigenvalue weighted by Crippen LogP contribution is -2.32. The molecule has 1 aliphatic heterocycles. The molecule has 2 aliphatic rings. The van der Waals surface area contributed by atoms with E-state index in [1.165, 1.54) is 19.3 Å². The van der Waals surface area contributed by atoms with Crippen LogP contribution in [0.2, 0.25) is 0 Å². The van der Waals surface area contributed by atoms with Crippen LogP contribution < -0.4 is 0 Å². The van der Waals surface area contributed by atoms with Crippen LogP contribution in [0.4, 0.5) is 0 Å². The fourth-order valence-electron chi connectivity index (χ4n) is 3.13. The Morgan fingerprint density at radius 2 is 2.36 bits per heavy atom. The highest BCUT2D eigenvalue weighted by Gasteiger charge is 2.54. The van der Waals surface area contributed by atoms with E-state index in [0.29, 0.717) is 6.00 Å². The van der Waals surface area contributed by atoms with Crippen molar-refractivity contribution >= 4 is 7.85 Å². The minimum Gasteiger partial charge on any atom is -0.380 e. The van der Waals surface area contributed by atoms with Gasteiger partial charge in [-0.1, -0.05) is 13.8 Å². The zero-order valence-corrected chi connectivity index (χ0v) is 7.76. The minimum atomic E-state index is 0.282. The predicted molar refractivity (Wildman–Crippen MR) is 48.3 cm³/mol. The smallest absolute Gasteiger partial charge is 0.139 e. The molecule has 0 amide bonds. The van der Waals surface area contributed by atoms with Gasteiger partial charge in [0.25, 0.3) is 0 Å². The quantitative estimate of drug-likeness (QED) is 0.512. The number of hydrogen-bond donors (Lipinski definition) is 0. The van der Waals surface area contributed by atoms with Crippen molar-refractivity contribution in [2.45, 2.75) is 44.7 Å². The van der Waals surface area contributed by atoms with Crippen LogP contribution in [-0.4, -0.2) is 19.5 Å². The maximum atomic E-state index is 6.01. The van der Waals surface area contributed by atoms with Crippen molar-refractivity contribution in [1.82, 2.24) is 0 Å². The van der Waals surface area contributed by atoms with Gasteiger partial charge in [-0.05, 0) is 31.1 Å². The summed E-state index contributed by atoms with van der Waals surface area (Å²) >= 11 is 0. The minimum absolute atomic E-state index is 0.282. The first-order valence-electron chi connectivity index (χ1n) is 4.87. The molecule has 0 aromatic carbocycles. The van der Waals surface area contributed by atoms with Crippen molar-refractivity contribution in [3.8, 4) is 0 Å². The molecule has 0 N–H and O–H groups in total. The molecule has 0 aromatic rings. The zero-order chi connectivity index (χ0) is 8.06. The van der Waals surface area contributed by atoms with Gasteiger partial charge >= 0.3 is 0 Å². The van der Waals surface area contributed by atoms with Crippen molar-refractivity contribution in [3.05, 3.63) is 0 Å². The van der Waals surface area contributed by atoms with E-state index in [-0.39, 0.29) is 5.60 Å². The van der Waals surface area contributed by atoms with Gasteiger partial charge in [-0.15, -0.1) is 0 Å². The summed E-state index contributed by atoms with van der Waals surface area (Å²) in [6, 6.07) is 0.527. The van der Waals surface area contributed by atoms with Crippen LogP contribution in [0.25, 0.3) is 0 Å². The molecule has 0 spiro atoms. The molecule has 4 atom stereocenters. The van der Waals surface area contributed by atoms with E-state index in [1.54, 1.807) is 0 Å². The number of fused-ring (bicyclic) bond motifs is 2. The molecular formula is C9H17BO. The summed E-state index contributed by atoms with van der Waals surface area (Å²) in [4.78, 5) is 0. The van der Waals surface area contributed by atoms with Crippen LogP contribution in [0.3, 0.4) is 0 Å². The fourth-order valence-corrected chi connectivity index (χ4v) is 3.13. The van der Waals surface area contributed by atoms with E-state index < -0.39 is 0 Å². The van der Waals surface area contributed by atoms with Crippen LogP contribution in [0, 0.1) is 11.8 Å². The van der Waals surface area contributed by atoms with E-state index in [1.807, 2.05) is 0 Å². The van der Waals surface area contributed by atoms with Gasteiger partial charge in [0.2, 0.25) is 0 Å². The van der Waals surface area contributed by atoms with E-state index in [2.05, 4.69) is 21.7 Å². The van der Waals surface area contributed by atoms with Crippen LogP contribution in [0.1, 0.15) is 33.1 Å². The maximum absolute atomic E-state index is 6.01. The van der Waals surface area contributed by atoms with E-state index in [4.69, 9.17) is 4.74 Å². The van der Waals surface area contributed by atoms with Crippen molar-refractivity contribution in [2.24, 2.45) is 11.8 Å². The molecule has 2 heteroatoms. The number of ether oxygens (including phenoxy) is 1. The lowest BCUT2D eigenvalue weighted by molar-refractivity contribution is -0.0489. The van der Waals surface area contributed by atoms with Gasteiger partial charge in [0, 0.05) is 6.00 Å². The molecule has 11 heavy (non-hydrogen) atoms. The first-order valence-corrected chi connectivity index (χ1v) is 4.87. The zero-order valence-electron chi connectivity index (χ0n) is 7.76. The van der Waals surface area contributed by atoms with Gasteiger partial charge in [-0.3, -0.25) is 0 Å². The second-order valence-electron chi connectivity index (χ2n) is 4.23. The molecular weight excluding hydrogens is 135 g/mol. The normalized spacial score (nSPS) is 55.3. The van der Waals surface area contributed by atoms with Gasteiger partial charge in [0.1, 0.15) is 7.85 Å². The Kier molecular flexibility index (Phi) is 1.57. The Labute approximate surface area is 69.9 Å². The fraction of sp³-hybridized carbons (Fsp3) is 1.00. The average Bonchev–Trinajstić information content (AvgIpc) is 2.42. The SMILES string of the molecule is B[C@@H]1O[C@]2(CC)CC[C@@H]1C2C. The second kappa shape index (κ2) is 2.26. The largest absolute Gasteiger partial charge is 0.380 e. The summed E-state index contributed by atoms with van der Waals surface area (Å²) in [7, 11) is 2.23. The first-order chi connectivity index (χ1) is 5.19. The van der Waals surface area contributed by atoms with E-state index in [9.17, 15) is 0 Å². The maximum Gasteiger partial charge on any atom is 0.139 e. The molecule has 0 radical (unpaired) electrons. The summed E-state index contributed by atoms with van der Waals surface area (Å²) in [5.41, 5.74) is 0.282. The Balaban J connectivity index is 2.24. The number of hydrogen-bond acceptors (Lipinski definition) is 1. The second-order valence-corrected chi connectivity index (χ2v) is 4.23. The molecule has 1 saturated heterocycles. The van der Waals surface area contributed by atoms with Crippen molar-refractivity contribution in [1.29, 1.82) is 0 Å². The third-order valence-corrected chi connectivity index (χ3v) is 3.99. The van der Waals surface area contributed by atoms with E-state index in [0.717, 1.165) is 11.8 Å². The lowest BCUT2D eigenvalue weighted by atomic mass is 9.81. The number of rotatable bonds is 1. The topological polar surface area (TPSA) is 9.23 Å². The molecule has 1 heterocycles. The third-order valence-electron chi connectivity index (χ3n) is 3.99. The molecule has 2 rings (SSSR count). The first kappa shape index (κ1) is 7.66. The highest BCUT2D eigenvalue weighted by Crippen LogP contribution is 2.53. The Bertz CT molecular complexity index is 171. The van der Waals surface area contributed by atoms with Crippen molar-refractivity contribution < 1.29 is 4.74 Å². The Hall–Kier alpha value is 0.0249. The van der Waals surface area contributed by atoms with Crippen LogP contribution in [-0.2, 0) is 4.74 Å². The molecule has 62 valence electrons. The monoisotopic (exact) mass is 152 g/mol. The highest BCUT2D eigenvalue weighted by atomic mass is 16.5. The van der Waals surface area contributed by atoms with Crippen molar-refractivity contribution in [2.75, 3.05) is 0 Å². The van der Waals surface area contributed by atoms with Gasteiger partial charge < -0.3 is 4.74 Å². The standard InChI is InChI=1S/C9H17BO/c1-3-9-5-4-7(6(9)2)8(10)11-9/h6-8H,3-5,10H2,1-2H3/t6?,7-,8-,9-/m1/s1. The van der Waals surface area contributed by atoms with Gasteiger partial charge in [-0.25, -0.2) is 0 Å². The highest BCUT2D eigenvalue weighted by molar-refractivity contribution is 6.11. The molecule has 2 fully saturated rings. The van der Waals surface area contributed by atoms with Crippen LogP contribution in [0.5, 0.6) is 0 Å². The van der Waals surface area contributed by atoms with E-state index >= 15 is 0 Å². The van der Waals surface area contributed by atoms with Crippen LogP contribution >= 0.6 is 0 Å².